The number of ether oxygens (including phenoxy) is 2. The lowest BCUT2D eigenvalue weighted by Crippen LogP contribution is -2.02. The molecule has 3 aromatic carbocycles. The van der Waals surface area contributed by atoms with E-state index in [0.29, 0.717) is 0 Å². The predicted molar refractivity (Wildman–Crippen MR) is 216 cm³/mol. The van der Waals surface area contributed by atoms with Crippen LogP contribution >= 0.6 is 22.7 Å². The van der Waals surface area contributed by atoms with Crippen LogP contribution in [0.5, 0.6) is 11.5 Å². The molecule has 0 aliphatic rings. The number of aryl methyl sites for hydroxylation is 2. The molecule has 0 saturated heterocycles. The van der Waals surface area contributed by atoms with Gasteiger partial charge in [-0.15, -0.1) is 22.7 Å². The van der Waals surface area contributed by atoms with Crippen LogP contribution in [0.1, 0.15) is 152 Å². The Kier molecular flexibility index (Phi) is 15.2. The lowest BCUT2D eigenvalue weighted by atomic mass is 9.98. The van der Waals surface area contributed by atoms with Crippen molar-refractivity contribution in [1.82, 2.24) is 0 Å². The van der Waals surface area contributed by atoms with Crippen LogP contribution in [0.15, 0.2) is 36.4 Å². The Morgan fingerprint density at radius 1 is 0.396 bits per heavy atom. The second kappa shape index (κ2) is 19.8. The number of hydrogen-bond acceptors (Lipinski definition) is 4. The predicted octanol–water partition coefficient (Wildman–Crippen LogP) is 15.6. The third-order valence-corrected chi connectivity index (χ3v) is 12.1. The number of thiophene rings is 2. The summed E-state index contributed by atoms with van der Waals surface area (Å²) in [6.45, 7) is 10.6. The minimum absolute atomic E-state index is 0.766. The molecular formula is C44H62O2S2. The molecule has 2 heterocycles. The van der Waals surface area contributed by atoms with Crippen molar-refractivity contribution in [2.24, 2.45) is 0 Å². The molecule has 0 N–H and O–H groups in total. The molecule has 0 unspecified atom stereocenters. The molecule has 0 spiro atoms. The molecular weight excluding hydrogens is 625 g/mol. The first-order chi connectivity index (χ1) is 23.6. The number of unbranched alkanes of at least 4 members (excludes halogenated alkanes) is 18. The lowest BCUT2D eigenvalue weighted by Gasteiger charge is -2.19. The van der Waals surface area contributed by atoms with E-state index in [1.807, 2.05) is 22.7 Å². The van der Waals surface area contributed by atoms with Crippen molar-refractivity contribution in [3.8, 4) is 11.5 Å². The van der Waals surface area contributed by atoms with Crippen LogP contribution in [0.4, 0.5) is 0 Å². The van der Waals surface area contributed by atoms with Crippen molar-refractivity contribution in [2.45, 2.75) is 156 Å². The molecule has 0 aliphatic carbocycles. The first kappa shape index (κ1) is 37.0. The van der Waals surface area contributed by atoms with Gasteiger partial charge in [0.15, 0.2) is 0 Å². The quantitative estimate of drug-likeness (QED) is 0.0475. The minimum Gasteiger partial charge on any atom is -0.492 e. The van der Waals surface area contributed by atoms with Crippen LogP contribution in [-0.2, 0) is 0 Å². The monoisotopic (exact) mass is 686 g/mol. The van der Waals surface area contributed by atoms with Crippen LogP contribution in [0.2, 0.25) is 0 Å². The van der Waals surface area contributed by atoms with Gasteiger partial charge < -0.3 is 9.47 Å². The fourth-order valence-corrected chi connectivity index (χ4v) is 9.21. The van der Waals surface area contributed by atoms with E-state index >= 15 is 0 Å². The smallest absolute Gasteiger partial charge is 0.135 e. The molecule has 0 saturated carbocycles. The highest BCUT2D eigenvalue weighted by Gasteiger charge is 2.19. The van der Waals surface area contributed by atoms with Crippen LogP contribution < -0.4 is 9.47 Å². The molecule has 0 amide bonds. The fourth-order valence-electron chi connectivity index (χ4n) is 7.32. The van der Waals surface area contributed by atoms with Crippen LogP contribution in [0.25, 0.3) is 41.7 Å². The summed E-state index contributed by atoms with van der Waals surface area (Å²) in [5, 5.41) is 7.42. The first-order valence-corrected chi connectivity index (χ1v) is 21.3. The Bertz CT molecular complexity index is 1480. The van der Waals surface area contributed by atoms with Gasteiger partial charge in [-0.1, -0.05) is 129 Å². The zero-order valence-electron chi connectivity index (χ0n) is 30.7. The zero-order chi connectivity index (χ0) is 33.6. The SMILES string of the molecule is CCCCCCCCCCCCOc1c2cc3cc(C)sc3cc2c(OCCCCCCCCCCCC)c2cc3cc(C)sc3cc12. The van der Waals surface area contributed by atoms with Crippen molar-refractivity contribution in [3.63, 3.8) is 0 Å². The minimum atomic E-state index is 0.766. The maximum absolute atomic E-state index is 6.83. The second-order valence-corrected chi connectivity index (χ2v) is 16.9. The molecule has 5 rings (SSSR count). The van der Waals surface area contributed by atoms with E-state index in [4.69, 9.17) is 9.47 Å². The van der Waals surface area contributed by atoms with Gasteiger partial charge in [-0.2, -0.15) is 0 Å². The van der Waals surface area contributed by atoms with E-state index in [1.54, 1.807) is 0 Å². The van der Waals surface area contributed by atoms with Crippen LogP contribution in [0.3, 0.4) is 0 Å². The largest absolute Gasteiger partial charge is 0.492 e. The molecule has 0 aliphatic heterocycles. The van der Waals surface area contributed by atoms with Crippen LogP contribution in [0, 0.1) is 13.8 Å². The molecule has 0 atom stereocenters. The molecule has 2 nitrogen and oxygen atoms in total. The second-order valence-electron chi connectivity index (χ2n) is 14.3. The molecule has 5 aromatic rings. The Balaban J connectivity index is 1.31. The van der Waals surface area contributed by atoms with Gasteiger partial charge in [0.2, 0.25) is 0 Å². The third kappa shape index (κ3) is 10.4. The van der Waals surface area contributed by atoms with E-state index in [9.17, 15) is 0 Å². The Morgan fingerprint density at radius 3 is 1.06 bits per heavy atom. The molecule has 0 fully saturated rings. The highest BCUT2D eigenvalue weighted by molar-refractivity contribution is 7.19. The first-order valence-electron chi connectivity index (χ1n) is 19.7. The van der Waals surface area contributed by atoms with Gasteiger partial charge in [-0.3, -0.25) is 0 Å². The molecule has 0 radical (unpaired) electrons. The van der Waals surface area contributed by atoms with E-state index < -0.39 is 0 Å². The number of fused-ring (bicyclic) bond motifs is 4. The van der Waals surface area contributed by atoms with Crippen molar-refractivity contribution in [2.75, 3.05) is 13.2 Å². The summed E-state index contributed by atoms with van der Waals surface area (Å²) in [4.78, 5) is 2.70. The summed E-state index contributed by atoms with van der Waals surface area (Å²) < 4.78 is 16.3. The summed E-state index contributed by atoms with van der Waals surface area (Å²) in [5.41, 5.74) is 0. The molecule has 0 bridgehead atoms. The van der Waals surface area contributed by atoms with E-state index in [-0.39, 0.29) is 0 Å². The van der Waals surface area contributed by atoms with Crippen molar-refractivity contribution in [1.29, 1.82) is 0 Å². The average Bonchev–Trinajstić information content (AvgIpc) is 3.64. The zero-order valence-corrected chi connectivity index (χ0v) is 32.3. The molecule has 48 heavy (non-hydrogen) atoms. The third-order valence-electron chi connectivity index (χ3n) is 10.0. The van der Waals surface area contributed by atoms with Crippen molar-refractivity contribution in [3.05, 3.63) is 46.2 Å². The van der Waals surface area contributed by atoms with E-state index in [2.05, 4.69) is 64.1 Å². The lowest BCUT2D eigenvalue weighted by molar-refractivity contribution is 0.306. The standard InChI is InChI=1S/C44H62O2S2/c1-5-7-9-11-13-15-17-19-21-23-25-45-43-37-29-35-27-33(3)48-42(35)32-40(37)44(38-30-36-28-34(4)47-41(36)31-39(38)43)46-26-24-22-20-18-16-14-12-10-8-6-2/h27-32H,5-26H2,1-4H3. The average molecular weight is 687 g/mol. The summed E-state index contributed by atoms with van der Waals surface area (Å²) in [7, 11) is 0. The molecule has 2 aromatic heterocycles. The maximum atomic E-state index is 6.83. The van der Waals surface area contributed by atoms with Gasteiger partial charge in [0.05, 0.1) is 13.2 Å². The highest BCUT2D eigenvalue weighted by Crippen LogP contribution is 2.47. The van der Waals surface area contributed by atoms with Gasteiger partial charge in [0.1, 0.15) is 11.5 Å². The highest BCUT2D eigenvalue weighted by atomic mass is 32.1. The summed E-state index contributed by atoms with van der Waals surface area (Å²) >= 11 is 3.76. The summed E-state index contributed by atoms with van der Waals surface area (Å²) in [6.07, 6.45) is 26.7. The maximum Gasteiger partial charge on any atom is 0.135 e. The number of benzene rings is 3. The van der Waals surface area contributed by atoms with Gasteiger partial charge in [-0.25, -0.2) is 0 Å². The Morgan fingerprint density at radius 2 is 0.708 bits per heavy atom. The fraction of sp³-hybridized carbons (Fsp3) is 0.591. The normalized spacial score (nSPS) is 11.9. The van der Waals surface area contributed by atoms with Gasteiger partial charge in [0, 0.05) is 40.7 Å². The van der Waals surface area contributed by atoms with Crippen molar-refractivity contribution >= 4 is 64.4 Å². The topological polar surface area (TPSA) is 18.5 Å². The van der Waals surface area contributed by atoms with Gasteiger partial charge >= 0.3 is 0 Å². The van der Waals surface area contributed by atoms with E-state index in [0.717, 1.165) is 37.6 Å². The van der Waals surface area contributed by atoms with Crippen LogP contribution in [-0.4, -0.2) is 13.2 Å². The molecule has 262 valence electrons. The Hall–Kier alpha value is -2.30. The van der Waals surface area contributed by atoms with Crippen molar-refractivity contribution < 1.29 is 9.47 Å². The Labute approximate surface area is 299 Å². The van der Waals surface area contributed by atoms with Gasteiger partial charge in [-0.05, 0) is 73.9 Å². The van der Waals surface area contributed by atoms with E-state index in [1.165, 1.54) is 167 Å². The summed E-state index contributed by atoms with van der Waals surface area (Å²) in [5.74, 6) is 2.09. The number of hydrogen-bond donors (Lipinski definition) is 0. The summed E-state index contributed by atoms with van der Waals surface area (Å²) in [6, 6.07) is 14.2. The van der Waals surface area contributed by atoms with Gasteiger partial charge in [0.25, 0.3) is 0 Å². The number of rotatable bonds is 24. The molecule has 4 heteroatoms.